The van der Waals surface area contributed by atoms with Crippen LogP contribution < -0.4 is 11.3 Å². The molecule has 4 nitrogen and oxygen atoms in total. The lowest BCUT2D eigenvalue weighted by molar-refractivity contribution is 0.471. The Kier molecular flexibility index (Phi) is 2.80. The van der Waals surface area contributed by atoms with Gasteiger partial charge in [0.2, 0.25) is 0 Å². The Morgan fingerprint density at radius 1 is 1.53 bits per heavy atom. The van der Waals surface area contributed by atoms with E-state index in [1.165, 1.54) is 24.1 Å². The second-order valence-electron chi connectivity index (χ2n) is 4.59. The van der Waals surface area contributed by atoms with Crippen molar-refractivity contribution in [1.82, 2.24) is 15.2 Å². The van der Waals surface area contributed by atoms with E-state index >= 15 is 0 Å². The molecule has 4 heteroatoms. The minimum Gasteiger partial charge on any atom is -0.272 e. The van der Waals surface area contributed by atoms with E-state index in [2.05, 4.69) is 24.4 Å². The quantitative estimate of drug-likeness (QED) is 0.569. The van der Waals surface area contributed by atoms with Crippen LogP contribution in [-0.2, 0) is 13.5 Å². The molecule has 3 N–H and O–H groups in total. The van der Waals surface area contributed by atoms with Crippen LogP contribution in [-0.4, -0.2) is 15.8 Å². The number of nitrogens with zero attached hydrogens (tertiary/aromatic N) is 2. The summed E-state index contributed by atoms with van der Waals surface area (Å²) in [6, 6.07) is 0.423. The van der Waals surface area contributed by atoms with Gasteiger partial charge in [0, 0.05) is 18.8 Å². The molecule has 0 aliphatic heterocycles. The molecule has 15 heavy (non-hydrogen) atoms. The van der Waals surface area contributed by atoms with Crippen LogP contribution in [0.25, 0.3) is 0 Å². The maximum atomic E-state index is 5.59. The second-order valence-corrected chi connectivity index (χ2v) is 4.59. The van der Waals surface area contributed by atoms with E-state index in [0.29, 0.717) is 6.04 Å². The van der Waals surface area contributed by atoms with Gasteiger partial charge in [0.15, 0.2) is 0 Å². The third kappa shape index (κ3) is 2.06. The molecule has 1 unspecified atom stereocenters. The van der Waals surface area contributed by atoms with Gasteiger partial charge in [0.1, 0.15) is 0 Å². The van der Waals surface area contributed by atoms with Crippen LogP contribution in [0.5, 0.6) is 0 Å². The average molecular weight is 208 g/mol. The van der Waals surface area contributed by atoms with Gasteiger partial charge in [0.25, 0.3) is 0 Å². The molecule has 1 aromatic rings. The molecule has 0 aromatic carbocycles. The van der Waals surface area contributed by atoms with Crippen molar-refractivity contribution in [2.75, 3.05) is 0 Å². The smallest absolute Gasteiger partial charge is 0.0628 e. The minimum atomic E-state index is 0.423. The molecule has 0 saturated heterocycles. The Morgan fingerprint density at radius 2 is 2.20 bits per heavy atom. The van der Waals surface area contributed by atoms with Crippen LogP contribution in [0.3, 0.4) is 0 Å². The van der Waals surface area contributed by atoms with Gasteiger partial charge >= 0.3 is 0 Å². The fourth-order valence-electron chi connectivity index (χ4n) is 2.19. The van der Waals surface area contributed by atoms with Crippen molar-refractivity contribution in [3.63, 3.8) is 0 Å². The van der Waals surface area contributed by atoms with Gasteiger partial charge in [0.05, 0.1) is 5.69 Å². The van der Waals surface area contributed by atoms with E-state index in [1.807, 2.05) is 11.7 Å². The van der Waals surface area contributed by atoms with Crippen LogP contribution in [0.15, 0.2) is 0 Å². The standard InChI is InChI=1S/C11H20N4/c1-7-10(8(2)15(3)14-7)6-11(13-12)9-4-5-9/h9,11,13H,4-6,12H2,1-3H3. The summed E-state index contributed by atoms with van der Waals surface area (Å²) in [4.78, 5) is 0. The van der Waals surface area contributed by atoms with Crippen LogP contribution in [0.2, 0.25) is 0 Å². The van der Waals surface area contributed by atoms with Crippen LogP contribution in [0.4, 0.5) is 0 Å². The highest BCUT2D eigenvalue weighted by Crippen LogP contribution is 2.34. The third-order valence-electron chi connectivity index (χ3n) is 3.49. The molecule has 84 valence electrons. The van der Waals surface area contributed by atoms with Crippen LogP contribution >= 0.6 is 0 Å². The second kappa shape index (κ2) is 3.94. The van der Waals surface area contributed by atoms with Gasteiger partial charge in [-0.15, -0.1) is 0 Å². The zero-order valence-electron chi connectivity index (χ0n) is 9.75. The van der Waals surface area contributed by atoms with Crippen molar-refractivity contribution in [3.8, 4) is 0 Å². The first-order valence-electron chi connectivity index (χ1n) is 5.58. The Bertz CT molecular complexity index is 352. The first-order chi connectivity index (χ1) is 7.13. The predicted octanol–water partition coefficient (Wildman–Crippen LogP) is 0.821. The highest BCUT2D eigenvalue weighted by molar-refractivity contribution is 5.25. The summed E-state index contributed by atoms with van der Waals surface area (Å²) in [6.07, 6.45) is 3.63. The first-order valence-corrected chi connectivity index (χ1v) is 5.58. The van der Waals surface area contributed by atoms with Gasteiger partial charge in [-0.05, 0) is 44.6 Å². The van der Waals surface area contributed by atoms with Crippen molar-refractivity contribution in [2.24, 2.45) is 18.8 Å². The molecule has 0 radical (unpaired) electrons. The number of hydrogen-bond acceptors (Lipinski definition) is 3. The maximum absolute atomic E-state index is 5.59. The van der Waals surface area contributed by atoms with Gasteiger partial charge in [-0.3, -0.25) is 16.0 Å². The molecule has 1 fully saturated rings. The third-order valence-corrected chi connectivity index (χ3v) is 3.49. The maximum Gasteiger partial charge on any atom is 0.0628 e. The topological polar surface area (TPSA) is 55.9 Å². The van der Waals surface area contributed by atoms with Gasteiger partial charge < -0.3 is 0 Å². The molecular weight excluding hydrogens is 188 g/mol. The zero-order valence-corrected chi connectivity index (χ0v) is 9.75. The monoisotopic (exact) mass is 208 g/mol. The molecule has 1 aliphatic rings. The number of rotatable bonds is 4. The highest BCUT2D eigenvalue weighted by Gasteiger charge is 2.31. The van der Waals surface area contributed by atoms with E-state index in [-0.39, 0.29) is 0 Å². The Morgan fingerprint density at radius 3 is 2.60 bits per heavy atom. The van der Waals surface area contributed by atoms with Crippen molar-refractivity contribution < 1.29 is 0 Å². The fourth-order valence-corrected chi connectivity index (χ4v) is 2.19. The van der Waals surface area contributed by atoms with Crippen molar-refractivity contribution >= 4 is 0 Å². The predicted molar refractivity (Wildman–Crippen MR) is 60.2 cm³/mol. The summed E-state index contributed by atoms with van der Waals surface area (Å²) in [5.74, 6) is 6.36. The summed E-state index contributed by atoms with van der Waals surface area (Å²) in [7, 11) is 1.99. The lowest BCUT2D eigenvalue weighted by atomic mass is 10.0. The molecule has 0 spiro atoms. The van der Waals surface area contributed by atoms with Gasteiger partial charge in [-0.2, -0.15) is 5.10 Å². The molecule has 1 atom stereocenters. The normalized spacial score (nSPS) is 18.1. The van der Waals surface area contributed by atoms with E-state index in [4.69, 9.17) is 5.84 Å². The lowest BCUT2D eigenvalue weighted by Gasteiger charge is -2.14. The minimum absolute atomic E-state index is 0.423. The number of nitrogens with one attached hydrogen (secondary N) is 1. The number of aromatic nitrogens is 2. The van der Waals surface area contributed by atoms with Crippen molar-refractivity contribution in [2.45, 2.75) is 39.2 Å². The average Bonchev–Trinajstić information content (AvgIpc) is 2.98. The zero-order chi connectivity index (χ0) is 11.0. The SMILES string of the molecule is Cc1nn(C)c(C)c1CC(NN)C1CC1. The highest BCUT2D eigenvalue weighted by atomic mass is 15.3. The van der Waals surface area contributed by atoms with Crippen LogP contribution in [0, 0.1) is 19.8 Å². The summed E-state index contributed by atoms with van der Waals surface area (Å²) < 4.78 is 1.95. The molecule has 1 aromatic heterocycles. The van der Waals surface area contributed by atoms with Crippen LogP contribution in [0.1, 0.15) is 29.8 Å². The number of aryl methyl sites for hydroxylation is 2. The Balaban J connectivity index is 2.14. The van der Waals surface area contributed by atoms with E-state index in [1.54, 1.807) is 0 Å². The number of nitrogens with two attached hydrogens (primary N) is 1. The van der Waals surface area contributed by atoms with Crippen molar-refractivity contribution in [3.05, 3.63) is 17.0 Å². The number of hydrazine groups is 1. The Labute approximate surface area is 90.8 Å². The molecule has 0 bridgehead atoms. The molecular formula is C11H20N4. The lowest BCUT2D eigenvalue weighted by Crippen LogP contribution is -2.38. The molecule has 1 aliphatic carbocycles. The van der Waals surface area contributed by atoms with Crippen molar-refractivity contribution in [1.29, 1.82) is 0 Å². The summed E-state index contributed by atoms with van der Waals surface area (Å²) >= 11 is 0. The van der Waals surface area contributed by atoms with E-state index in [9.17, 15) is 0 Å². The van der Waals surface area contributed by atoms with E-state index < -0.39 is 0 Å². The van der Waals surface area contributed by atoms with Gasteiger partial charge in [-0.1, -0.05) is 0 Å². The molecule has 2 rings (SSSR count). The van der Waals surface area contributed by atoms with E-state index in [0.717, 1.165) is 18.0 Å². The summed E-state index contributed by atoms with van der Waals surface area (Å²) in [5.41, 5.74) is 6.69. The fraction of sp³-hybridized carbons (Fsp3) is 0.727. The molecule has 1 heterocycles. The van der Waals surface area contributed by atoms with Gasteiger partial charge in [-0.25, -0.2) is 0 Å². The largest absolute Gasteiger partial charge is 0.272 e. The summed E-state index contributed by atoms with van der Waals surface area (Å²) in [5, 5.41) is 4.43. The Hall–Kier alpha value is -0.870. The molecule has 1 saturated carbocycles. The summed E-state index contributed by atoms with van der Waals surface area (Å²) in [6.45, 7) is 4.19. The first kappa shape index (κ1) is 10.6. The number of hydrogen-bond donors (Lipinski definition) is 2. The molecule has 0 amide bonds.